The predicted octanol–water partition coefficient (Wildman–Crippen LogP) is 2.77. The molecule has 2 aliphatic rings. The maximum atomic E-state index is 12.8. The van der Waals surface area contributed by atoms with E-state index in [1.807, 2.05) is 36.4 Å². The molecule has 0 radical (unpaired) electrons. The van der Waals surface area contributed by atoms with Crippen molar-refractivity contribution in [3.05, 3.63) is 48.5 Å². The number of hydrogen-bond acceptors (Lipinski definition) is 6. The summed E-state index contributed by atoms with van der Waals surface area (Å²) in [5, 5.41) is 3.07. The van der Waals surface area contributed by atoms with Gasteiger partial charge < -0.3 is 29.3 Å². The number of carbonyl (C=O) groups is 1. The SMILES string of the molecule is CC(Oc1ccccc1)C(=O)Nc1ccc(N2CCOCC2)cc1N1CCOCC1. The van der Waals surface area contributed by atoms with Crippen molar-refractivity contribution in [2.24, 2.45) is 0 Å². The van der Waals surface area contributed by atoms with Gasteiger partial charge in [0.25, 0.3) is 5.91 Å². The Balaban J connectivity index is 1.52. The van der Waals surface area contributed by atoms with Crippen LogP contribution in [0.15, 0.2) is 48.5 Å². The van der Waals surface area contributed by atoms with Crippen LogP contribution in [-0.4, -0.2) is 64.6 Å². The van der Waals surface area contributed by atoms with Gasteiger partial charge in [0.15, 0.2) is 6.10 Å². The van der Waals surface area contributed by atoms with E-state index in [1.54, 1.807) is 6.92 Å². The van der Waals surface area contributed by atoms with Crippen LogP contribution in [0, 0.1) is 0 Å². The van der Waals surface area contributed by atoms with Gasteiger partial charge in [-0.15, -0.1) is 0 Å². The number of para-hydroxylation sites is 1. The standard InChI is InChI=1S/C23H29N3O4/c1-18(30-20-5-3-2-4-6-20)23(27)24-21-8-7-19(25-9-13-28-14-10-25)17-22(21)26-11-15-29-16-12-26/h2-8,17-18H,9-16H2,1H3,(H,24,27). The molecule has 1 N–H and O–H groups in total. The van der Waals surface area contributed by atoms with Crippen LogP contribution in [0.1, 0.15) is 6.92 Å². The van der Waals surface area contributed by atoms with E-state index in [0.29, 0.717) is 19.0 Å². The van der Waals surface area contributed by atoms with Crippen molar-refractivity contribution in [3.8, 4) is 5.75 Å². The molecule has 2 aliphatic heterocycles. The van der Waals surface area contributed by atoms with Gasteiger partial charge in [-0.1, -0.05) is 18.2 Å². The summed E-state index contributed by atoms with van der Waals surface area (Å²) in [6.07, 6.45) is -0.608. The molecule has 2 fully saturated rings. The highest BCUT2D eigenvalue weighted by Crippen LogP contribution is 2.32. The Bertz CT molecular complexity index is 834. The lowest BCUT2D eigenvalue weighted by Gasteiger charge is -2.33. The fraction of sp³-hybridized carbons (Fsp3) is 0.435. The van der Waals surface area contributed by atoms with Gasteiger partial charge >= 0.3 is 0 Å². The minimum Gasteiger partial charge on any atom is -0.481 e. The van der Waals surface area contributed by atoms with Crippen molar-refractivity contribution in [3.63, 3.8) is 0 Å². The smallest absolute Gasteiger partial charge is 0.265 e. The monoisotopic (exact) mass is 411 g/mol. The number of morpholine rings is 2. The lowest BCUT2D eigenvalue weighted by Crippen LogP contribution is -2.38. The van der Waals surface area contributed by atoms with Crippen LogP contribution >= 0.6 is 0 Å². The summed E-state index contributed by atoms with van der Waals surface area (Å²) in [4.78, 5) is 17.4. The summed E-state index contributed by atoms with van der Waals surface area (Å²) in [7, 11) is 0. The predicted molar refractivity (Wildman–Crippen MR) is 118 cm³/mol. The molecule has 7 heteroatoms. The molecule has 2 aromatic carbocycles. The third-order valence-electron chi connectivity index (χ3n) is 5.39. The highest BCUT2D eigenvalue weighted by Gasteiger charge is 2.21. The zero-order chi connectivity index (χ0) is 20.8. The van der Waals surface area contributed by atoms with Crippen LogP contribution < -0.4 is 19.9 Å². The molecule has 160 valence electrons. The highest BCUT2D eigenvalue weighted by atomic mass is 16.5. The van der Waals surface area contributed by atoms with Gasteiger partial charge in [0.2, 0.25) is 0 Å². The van der Waals surface area contributed by atoms with E-state index in [-0.39, 0.29) is 5.91 Å². The average molecular weight is 412 g/mol. The molecular formula is C23H29N3O4. The molecule has 1 unspecified atom stereocenters. The van der Waals surface area contributed by atoms with E-state index < -0.39 is 6.10 Å². The molecule has 0 aliphatic carbocycles. The maximum absolute atomic E-state index is 12.8. The number of anilines is 3. The van der Waals surface area contributed by atoms with Gasteiger partial charge in [0.1, 0.15) is 5.75 Å². The van der Waals surface area contributed by atoms with Crippen LogP contribution in [0.2, 0.25) is 0 Å². The van der Waals surface area contributed by atoms with Crippen LogP contribution in [0.4, 0.5) is 17.1 Å². The molecule has 7 nitrogen and oxygen atoms in total. The third kappa shape index (κ3) is 5.04. The molecule has 0 bridgehead atoms. The minimum absolute atomic E-state index is 0.174. The summed E-state index contributed by atoms with van der Waals surface area (Å²) in [5.74, 6) is 0.503. The molecule has 1 atom stereocenters. The Kier molecular flexibility index (Phi) is 6.71. The van der Waals surface area contributed by atoms with E-state index >= 15 is 0 Å². The second-order valence-corrected chi connectivity index (χ2v) is 7.46. The normalized spacial score (nSPS) is 18.0. The van der Waals surface area contributed by atoms with Gasteiger partial charge in [0.05, 0.1) is 37.8 Å². The average Bonchev–Trinajstić information content (AvgIpc) is 2.81. The lowest BCUT2D eigenvalue weighted by atomic mass is 10.1. The summed E-state index contributed by atoms with van der Waals surface area (Å²) in [6.45, 7) is 7.94. The second kappa shape index (κ2) is 9.82. The molecule has 2 aromatic rings. The summed E-state index contributed by atoms with van der Waals surface area (Å²) < 4.78 is 16.8. The van der Waals surface area contributed by atoms with Crippen molar-refractivity contribution in [2.75, 3.05) is 67.7 Å². The first kappa shape index (κ1) is 20.5. The van der Waals surface area contributed by atoms with Crippen LogP contribution in [-0.2, 0) is 14.3 Å². The van der Waals surface area contributed by atoms with Gasteiger partial charge in [-0.2, -0.15) is 0 Å². The molecule has 0 aromatic heterocycles. The van der Waals surface area contributed by atoms with Crippen molar-refractivity contribution >= 4 is 23.0 Å². The number of nitrogens with one attached hydrogen (secondary N) is 1. The number of nitrogens with zero attached hydrogens (tertiary/aromatic N) is 2. The van der Waals surface area contributed by atoms with Gasteiger partial charge in [0, 0.05) is 31.9 Å². The molecule has 0 saturated carbocycles. The number of carbonyl (C=O) groups excluding carboxylic acids is 1. The Labute approximate surface area is 177 Å². The summed E-state index contributed by atoms with van der Waals surface area (Å²) in [6, 6.07) is 15.6. The Morgan fingerprint density at radius 3 is 2.23 bits per heavy atom. The first-order valence-corrected chi connectivity index (χ1v) is 10.5. The second-order valence-electron chi connectivity index (χ2n) is 7.46. The minimum atomic E-state index is -0.608. The Hall–Kier alpha value is -2.77. The van der Waals surface area contributed by atoms with Crippen molar-refractivity contribution < 1.29 is 19.0 Å². The number of ether oxygens (including phenoxy) is 3. The van der Waals surface area contributed by atoms with E-state index in [1.165, 1.54) is 0 Å². The maximum Gasteiger partial charge on any atom is 0.265 e. The largest absolute Gasteiger partial charge is 0.481 e. The fourth-order valence-corrected chi connectivity index (χ4v) is 3.70. The summed E-state index contributed by atoms with van der Waals surface area (Å²) in [5.41, 5.74) is 2.95. The summed E-state index contributed by atoms with van der Waals surface area (Å²) >= 11 is 0. The molecule has 0 spiro atoms. The number of hydrogen-bond donors (Lipinski definition) is 1. The zero-order valence-corrected chi connectivity index (χ0v) is 17.4. The van der Waals surface area contributed by atoms with Crippen molar-refractivity contribution in [1.82, 2.24) is 0 Å². The number of benzene rings is 2. The fourth-order valence-electron chi connectivity index (χ4n) is 3.70. The Morgan fingerprint density at radius 1 is 0.933 bits per heavy atom. The number of amides is 1. The molecule has 2 saturated heterocycles. The van der Waals surface area contributed by atoms with Crippen LogP contribution in [0.3, 0.4) is 0 Å². The van der Waals surface area contributed by atoms with E-state index in [9.17, 15) is 4.79 Å². The van der Waals surface area contributed by atoms with Crippen LogP contribution in [0.25, 0.3) is 0 Å². The van der Waals surface area contributed by atoms with Gasteiger partial charge in [-0.3, -0.25) is 4.79 Å². The number of rotatable bonds is 6. The molecule has 4 rings (SSSR count). The molecule has 30 heavy (non-hydrogen) atoms. The molecule has 2 heterocycles. The van der Waals surface area contributed by atoms with Gasteiger partial charge in [-0.25, -0.2) is 0 Å². The van der Waals surface area contributed by atoms with Crippen LogP contribution in [0.5, 0.6) is 5.75 Å². The molecule has 1 amide bonds. The highest BCUT2D eigenvalue weighted by molar-refractivity contribution is 5.97. The lowest BCUT2D eigenvalue weighted by molar-refractivity contribution is -0.122. The van der Waals surface area contributed by atoms with Gasteiger partial charge in [-0.05, 0) is 37.3 Å². The van der Waals surface area contributed by atoms with E-state index in [4.69, 9.17) is 14.2 Å². The first-order valence-electron chi connectivity index (χ1n) is 10.5. The zero-order valence-electron chi connectivity index (χ0n) is 17.4. The quantitative estimate of drug-likeness (QED) is 0.789. The molecular weight excluding hydrogens is 382 g/mol. The third-order valence-corrected chi connectivity index (χ3v) is 5.39. The van der Waals surface area contributed by atoms with Crippen molar-refractivity contribution in [2.45, 2.75) is 13.0 Å². The Morgan fingerprint density at radius 2 is 1.57 bits per heavy atom. The van der Waals surface area contributed by atoms with Crippen molar-refractivity contribution in [1.29, 1.82) is 0 Å². The van der Waals surface area contributed by atoms with E-state index in [2.05, 4.69) is 27.2 Å². The first-order chi connectivity index (χ1) is 14.7. The topological polar surface area (TPSA) is 63.3 Å². The van der Waals surface area contributed by atoms with E-state index in [0.717, 1.165) is 56.5 Å².